The van der Waals surface area contributed by atoms with Gasteiger partial charge in [-0.25, -0.2) is 4.79 Å². The van der Waals surface area contributed by atoms with Crippen LogP contribution in [-0.2, 0) is 16.0 Å². The average Bonchev–Trinajstić information content (AvgIpc) is 2.41. The third-order valence-electron chi connectivity index (χ3n) is 2.71. The number of benzene rings is 1. The second kappa shape index (κ2) is 8.25. The van der Waals surface area contributed by atoms with Gasteiger partial charge in [-0.15, -0.1) is 0 Å². The van der Waals surface area contributed by atoms with Crippen LogP contribution in [0.5, 0.6) is 0 Å². The van der Waals surface area contributed by atoms with Gasteiger partial charge in [0.05, 0.1) is 6.04 Å². The van der Waals surface area contributed by atoms with Crippen LogP contribution in [0.1, 0.15) is 32.8 Å². The molecule has 0 aliphatic carbocycles. The standard InChI is InChI=1S/C17H23NO3/c1-17(2,3)21-16(20)18-15(10-7-13-19)12-11-14-8-5-4-6-9-14/h4-10,13,15H,11-12H2,1-3H3,(H,18,20)/t15-/m1/s1. The molecule has 114 valence electrons. The number of carbonyl (C=O) groups excluding carboxylic acids is 2. The second-order valence-electron chi connectivity index (χ2n) is 5.80. The number of aryl methyl sites for hydroxylation is 1. The Balaban J connectivity index is 2.57. The number of hydrogen-bond donors (Lipinski definition) is 1. The second-order valence-corrected chi connectivity index (χ2v) is 5.80. The van der Waals surface area contributed by atoms with Crippen molar-refractivity contribution in [2.24, 2.45) is 0 Å². The lowest BCUT2D eigenvalue weighted by molar-refractivity contribution is -0.104. The van der Waals surface area contributed by atoms with Crippen molar-refractivity contribution < 1.29 is 14.3 Å². The first-order valence-corrected chi connectivity index (χ1v) is 7.06. The van der Waals surface area contributed by atoms with Crippen molar-refractivity contribution in [2.45, 2.75) is 45.3 Å². The molecule has 1 N–H and O–H groups in total. The molecule has 0 saturated heterocycles. The van der Waals surface area contributed by atoms with E-state index in [-0.39, 0.29) is 6.04 Å². The van der Waals surface area contributed by atoms with Crippen molar-refractivity contribution in [1.82, 2.24) is 5.32 Å². The molecule has 0 radical (unpaired) electrons. The highest BCUT2D eigenvalue weighted by molar-refractivity contribution is 5.69. The number of alkyl carbamates (subject to hydrolysis) is 1. The molecule has 0 aromatic heterocycles. The molecule has 4 nitrogen and oxygen atoms in total. The van der Waals surface area contributed by atoms with Crippen LogP contribution in [0.2, 0.25) is 0 Å². The van der Waals surface area contributed by atoms with Gasteiger partial charge in [-0.2, -0.15) is 0 Å². The van der Waals surface area contributed by atoms with E-state index in [4.69, 9.17) is 4.74 Å². The van der Waals surface area contributed by atoms with Gasteiger partial charge in [0.25, 0.3) is 0 Å². The molecule has 0 saturated carbocycles. The van der Waals surface area contributed by atoms with Crippen molar-refractivity contribution in [2.75, 3.05) is 0 Å². The molecule has 0 fully saturated rings. The minimum atomic E-state index is -0.539. The third kappa shape index (κ3) is 7.92. The Morgan fingerprint density at radius 2 is 1.95 bits per heavy atom. The van der Waals surface area contributed by atoms with Crippen molar-refractivity contribution in [3.05, 3.63) is 48.0 Å². The first-order valence-electron chi connectivity index (χ1n) is 7.06. The van der Waals surface area contributed by atoms with Gasteiger partial charge in [-0.3, -0.25) is 4.79 Å². The van der Waals surface area contributed by atoms with Crippen LogP contribution in [0.4, 0.5) is 4.79 Å². The molecule has 0 aliphatic heterocycles. The molecule has 1 aromatic carbocycles. The summed E-state index contributed by atoms with van der Waals surface area (Å²) < 4.78 is 5.23. The maximum Gasteiger partial charge on any atom is 0.408 e. The van der Waals surface area contributed by atoms with Gasteiger partial charge in [0, 0.05) is 0 Å². The highest BCUT2D eigenvalue weighted by Gasteiger charge is 2.18. The smallest absolute Gasteiger partial charge is 0.408 e. The van der Waals surface area contributed by atoms with E-state index in [1.165, 1.54) is 11.6 Å². The van der Waals surface area contributed by atoms with Crippen LogP contribution in [0, 0.1) is 0 Å². The van der Waals surface area contributed by atoms with Crippen LogP contribution in [0.15, 0.2) is 42.5 Å². The number of amides is 1. The quantitative estimate of drug-likeness (QED) is 0.646. The van der Waals surface area contributed by atoms with Crippen molar-refractivity contribution in [3.8, 4) is 0 Å². The Morgan fingerprint density at radius 1 is 1.29 bits per heavy atom. The summed E-state index contributed by atoms with van der Waals surface area (Å²) in [4.78, 5) is 22.3. The summed E-state index contributed by atoms with van der Waals surface area (Å²) in [5, 5.41) is 2.77. The molecule has 0 spiro atoms. The fourth-order valence-corrected chi connectivity index (χ4v) is 1.82. The highest BCUT2D eigenvalue weighted by atomic mass is 16.6. The molecule has 0 unspecified atom stereocenters. The SMILES string of the molecule is CC(C)(C)OC(=O)N[C@H](C=CC=O)CCc1ccccc1. The van der Waals surface area contributed by atoms with Crippen LogP contribution < -0.4 is 5.32 Å². The van der Waals surface area contributed by atoms with Gasteiger partial charge in [0.1, 0.15) is 11.9 Å². The highest BCUT2D eigenvalue weighted by Crippen LogP contribution is 2.09. The predicted molar refractivity (Wildman–Crippen MR) is 83.1 cm³/mol. The predicted octanol–water partition coefficient (Wildman–Crippen LogP) is 3.27. The lowest BCUT2D eigenvalue weighted by Crippen LogP contribution is -2.38. The van der Waals surface area contributed by atoms with E-state index in [0.717, 1.165) is 6.42 Å². The maximum absolute atomic E-state index is 11.8. The maximum atomic E-state index is 11.8. The molecular formula is C17H23NO3. The molecule has 0 aliphatic rings. The summed E-state index contributed by atoms with van der Waals surface area (Å²) in [6.45, 7) is 5.44. The number of nitrogens with one attached hydrogen (secondary N) is 1. The summed E-state index contributed by atoms with van der Waals surface area (Å²) in [6, 6.07) is 9.76. The number of aldehydes is 1. The fourth-order valence-electron chi connectivity index (χ4n) is 1.82. The summed E-state index contributed by atoms with van der Waals surface area (Å²) in [5.41, 5.74) is 0.649. The largest absolute Gasteiger partial charge is 0.444 e. The van der Waals surface area contributed by atoms with Gasteiger partial charge in [0.2, 0.25) is 0 Å². The molecule has 1 aromatic rings. The fraction of sp³-hybridized carbons (Fsp3) is 0.412. The van der Waals surface area contributed by atoms with Crippen LogP contribution >= 0.6 is 0 Å². The third-order valence-corrected chi connectivity index (χ3v) is 2.71. The van der Waals surface area contributed by atoms with E-state index in [0.29, 0.717) is 12.7 Å². The molecule has 1 amide bonds. The zero-order valence-electron chi connectivity index (χ0n) is 12.8. The summed E-state index contributed by atoms with van der Waals surface area (Å²) in [6.07, 6.45) is 4.81. The molecule has 1 atom stereocenters. The Kier molecular flexibility index (Phi) is 6.66. The van der Waals surface area contributed by atoms with Crippen LogP contribution in [0.3, 0.4) is 0 Å². The van der Waals surface area contributed by atoms with Crippen molar-refractivity contribution in [3.63, 3.8) is 0 Å². The Hall–Kier alpha value is -2.10. The first kappa shape index (κ1) is 17.0. The van der Waals surface area contributed by atoms with Gasteiger partial charge < -0.3 is 10.1 Å². The summed E-state index contributed by atoms with van der Waals surface area (Å²) >= 11 is 0. The van der Waals surface area contributed by atoms with Crippen LogP contribution in [0.25, 0.3) is 0 Å². The first-order chi connectivity index (χ1) is 9.90. The molecule has 4 heteroatoms. The molecule has 0 heterocycles. The number of ether oxygens (including phenoxy) is 1. The van der Waals surface area contributed by atoms with E-state index in [2.05, 4.69) is 5.32 Å². The Morgan fingerprint density at radius 3 is 2.52 bits per heavy atom. The monoisotopic (exact) mass is 289 g/mol. The van der Waals surface area contributed by atoms with Gasteiger partial charge in [0.15, 0.2) is 0 Å². The van der Waals surface area contributed by atoms with Gasteiger partial charge in [-0.05, 0) is 45.3 Å². The summed E-state index contributed by atoms with van der Waals surface area (Å²) in [7, 11) is 0. The topological polar surface area (TPSA) is 55.4 Å². The number of carbonyl (C=O) groups is 2. The van der Waals surface area contributed by atoms with Crippen LogP contribution in [-0.4, -0.2) is 24.0 Å². The molecule has 21 heavy (non-hydrogen) atoms. The minimum Gasteiger partial charge on any atom is -0.444 e. The van der Waals surface area contributed by atoms with E-state index in [1.54, 1.807) is 6.08 Å². The number of rotatable bonds is 6. The lowest BCUT2D eigenvalue weighted by Gasteiger charge is -2.22. The lowest BCUT2D eigenvalue weighted by atomic mass is 10.1. The van der Waals surface area contributed by atoms with E-state index in [1.807, 2.05) is 51.1 Å². The van der Waals surface area contributed by atoms with Crippen molar-refractivity contribution in [1.29, 1.82) is 0 Å². The van der Waals surface area contributed by atoms with Gasteiger partial charge >= 0.3 is 6.09 Å². The van der Waals surface area contributed by atoms with Crippen molar-refractivity contribution >= 4 is 12.4 Å². The molecular weight excluding hydrogens is 266 g/mol. The Labute approximate surface area is 126 Å². The van der Waals surface area contributed by atoms with E-state index in [9.17, 15) is 9.59 Å². The zero-order chi connectivity index (χ0) is 15.7. The number of allylic oxidation sites excluding steroid dienone is 1. The van der Waals surface area contributed by atoms with E-state index < -0.39 is 11.7 Å². The zero-order valence-corrected chi connectivity index (χ0v) is 12.8. The Bertz CT molecular complexity index is 475. The number of hydrogen-bond acceptors (Lipinski definition) is 3. The van der Waals surface area contributed by atoms with Gasteiger partial charge in [-0.1, -0.05) is 36.4 Å². The molecule has 0 bridgehead atoms. The molecule has 1 rings (SSSR count). The summed E-state index contributed by atoms with van der Waals surface area (Å²) in [5.74, 6) is 0. The normalized spacial score (nSPS) is 12.9. The minimum absolute atomic E-state index is 0.231. The average molecular weight is 289 g/mol. The van der Waals surface area contributed by atoms with E-state index >= 15 is 0 Å².